The second-order valence-corrected chi connectivity index (χ2v) is 6.37. The Kier molecular flexibility index (Phi) is 4.73. The van der Waals surface area contributed by atoms with Crippen LogP contribution in [0.25, 0.3) is 0 Å². The van der Waals surface area contributed by atoms with Crippen molar-refractivity contribution in [2.75, 3.05) is 13.3 Å². The average Bonchev–Trinajstić information content (AvgIpc) is 2.28. The molecule has 1 aromatic carbocycles. The summed E-state index contributed by atoms with van der Waals surface area (Å²) in [5.41, 5.74) is 6.97. The molecule has 0 bridgehead atoms. The van der Waals surface area contributed by atoms with Gasteiger partial charge in [-0.3, -0.25) is 4.57 Å². The van der Waals surface area contributed by atoms with Crippen molar-refractivity contribution >= 4 is 13.2 Å². The van der Waals surface area contributed by atoms with Crippen molar-refractivity contribution in [3.05, 3.63) is 35.4 Å². The number of hydrogen-bond donors (Lipinski definition) is 2. The molecule has 1 atom stereocenters. The molecule has 0 aliphatic heterocycles. The number of benzene rings is 1. The summed E-state index contributed by atoms with van der Waals surface area (Å²) < 4.78 is 17.1. The van der Waals surface area contributed by atoms with E-state index in [4.69, 9.17) is 15.5 Å². The van der Waals surface area contributed by atoms with Crippen molar-refractivity contribution in [1.29, 1.82) is 0 Å². The van der Waals surface area contributed by atoms with Crippen LogP contribution in [0.3, 0.4) is 0 Å². The molecule has 6 heteroatoms. The van der Waals surface area contributed by atoms with Crippen LogP contribution >= 0.6 is 7.37 Å². The highest BCUT2D eigenvalue weighted by molar-refractivity contribution is 7.57. The lowest BCUT2D eigenvalue weighted by atomic mass is 10.1. The van der Waals surface area contributed by atoms with E-state index in [1.807, 2.05) is 6.92 Å². The van der Waals surface area contributed by atoms with Crippen molar-refractivity contribution in [2.45, 2.75) is 13.1 Å². The highest BCUT2D eigenvalue weighted by Gasteiger charge is 2.15. The summed E-state index contributed by atoms with van der Waals surface area (Å²) in [6, 6.07) is 7.03. The summed E-state index contributed by atoms with van der Waals surface area (Å²) in [6.45, 7) is 3.88. The predicted molar refractivity (Wildman–Crippen MR) is 67.8 cm³/mol. The molecule has 1 unspecified atom stereocenters. The maximum atomic E-state index is 11.9. The monoisotopic (exact) mass is 256 g/mol. The molecule has 17 heavy (non-hydrogen) atoms. The first kappa shape index (κ1) is 13.7. The Morgan fingerprint density at radius 1 is 1.47 bits per heavy atom. The molecule has 0 aliphatic rings. The van der Waals surface area contributed by atoms with Crippen LogP contribution in [0.2, 0.25) is 0 Å². The second kappa shape index (κ2) is 5.84. The Morgan fingerprint density at radius 3 is 2.53 bits per heavy atom. The molecule has 1 rings (SSSR count). The van der Waals surface area contributed by atoms with Gasteiger partial charge >= 0.3 is 0 Å². The van der Waals surface area contributed by atoms with Crippen LogP contribution in [-0.4, -0.2) is 24.3 Å². The Hall–Kier alpha value is -1.32. The fourth-order valence-corrected chi connectivity index (χ4v) is 3.00. The van der Waals surface area contributed by atoms with Crippen LogP contribution < -0.4 is 5.73 Å². The topological polar surface area (TPSA) is 84.9 Å². The number of hydrogen-bond acceptors (Lipinski definition) is 4. The van der Waals surface area contributed by atoms with Gasteiger partial charge in [-0.2, -0.15) is 0 Å². The van der Waals surface area contributed by atoms with E-state index in [1.54, 1.807) is 30.9 Å². The third-order valence-corrected chi connectivity index (χ3v) is 3.97. The summed E-state index contributed by atoms with van der Waals surface area (Å²) in [5.74, 6) is 0.0565. The molecular formula is C11H17N2O3P. The van der Waals surface area contributed by atoms with Crippen molar-refractivity contribution in [2.24, 2.45) is 10.9 Å². The number of nitrogens with two attached hydrogens (primary N) is 1. The normalized spacial score (nSPS) is 15.5. The van der Waals surface area contributed by atoms with E-state index in [9.17, 15) is 4.57 Å². The molecule has 0 amide bonds. The maximum Gasteiger partial charge on any atom is 0.204 e. The van der Waals surface area contributed by atoms with Crippen LogP contribution in [0.15, 0.2) is 29.4 Å². The Morgan fingerprint density at radius 2 is 2.06 bits per heavy atom. The molecule has 0 fully saturated rings. The van der Waals surface area contributed by atoms with Crippen molar-refractivity contribution in [1.82, 2.24) is 0 Å². The van der Waals surface area contributed by atoms with E-state index < -0.39 is 7.37 Å². The zero-order chi connectivity index (χ0) is 12.9. The molecule has 0 saturated heterocycles. The molecule has 0 aromatic heterocycles. The third kappa shape index (κ3) is 4.21. The molecule has 5 nitrogen and oxygen atoms in total. The van der Waals surface area contributed by atoms with Gasteiger partial charge in [0.25, 0.3) is 0 Å². The lowest BCUT2D eigenvalue weighted by molar-refractivity contribution is 0.318. The molecular weight excluding hydrogens is 239 g/mol. The average molecular weight is 256 g/mol. The Labute approximate surface area is 101 Å². The van der Waals surface area contributed by atoms with Crippen molar-refractivity contribution in [3.63, 3.8) is 0 Å². The number of amidine groups is 1. The Balaban J connectivity index is 2.79. The molecule has 0 radical (unpaired) electrons. The summed E-state index contributed by atoms with van der Waals surface area (Å²) in [6.07, 6.45) is 0.386. The fourth-order valence-electron chi connectivity index (χ4n) is 1.49. The molecule has 0 saturated carbocycles. The molecule has 0 spiro atoms. The van der Waals surface area contributed by atoms with E-state index in [-0.39, 0.29) is 5.84 Å². The number of oxime groups is 1. The van der Waals surface area contributed by atoms with Gasteiger partial charge in [0.2, 0.25) is 7.37 Å². The van der Waals surface area contributed by atoms with E-state index >= 15 is 0 Å². The minimum Gasteiger partial charge on any atom is -0.409 e. The lowest BCUT2D eigenvalue weighted by Crippen LogP contribution is -2.12. The van der Waals surface area contributed by atoms with E-state index in [0.29, 0.717) is 18.3 Å². The van der Waals surface area contributed by atoms with Gasteiger partial charge in [-0.05, 0) is 12.5 Å². The predicted octanol–water partition coefficient (Wildman–Crippen LogP) is 2.23. The first-order valence-corrected chi connectivity index (χ1v) is 7.52. The smallest absolute Gasteiger partial charge is 0.204 e. The van der Waals surface area contributed by atoms with Gasteiger partial charge in [-0.25, -0.2) is 0 Å². The molecule has 3 N–H and O–H groups in total. The van der Waals surface area contributed by atoms with E-state index in [1.165, 1.54) is 0 Å². The largest absolute Gasteiger partial charge is 0.409 e. The van der Waals surface area contributed by atoms with Gasteiger partial charge < -0.3 is 15.5 Å². The van der Waals surface area contributed by atoms with Crippen LogP contribution in [0.5, 0.6) is 0 Å². The minimum atomic E-state index is -2.57. The lowest BCUT2D eigenvalue weighted by Gasteiger charge is -2.12. The summed E-state index contributed by atoms with van der Waals surface area (Å²) in [7, 11) is -2.57. The van der Waals surface area contributed by atoms with Gasteiger partial charge in [0.05, 0.1) is 6.61 Å². The summed E-state index contributed by atoms with van der Waals surface area (Å²) in [5, 5.41) is 11.4. The second-order valence-electron chi connectivity index (χ2n) is 3.77. The molecule has 0 heterocycles. The maximum absolute atomic E-state index is 11.9. The standard InChI is InChI=1S/C11H17N2O3P/c1-3-16-17(2,15)8-9-4-6-10(7-5-9)11(12)13-14/h4-7,14H,3,8H2,1-2H3,(H2,12,13). The SMILES string of the molecule is CCOP(C)(=O)Cc1ccc(C(N)=NO)cc1. The summed E-state index contributed by atoms with van der Waals surface area (Å²) in [4.78, 5) is 0. The van der Waals surface area contributed by atoms with Gasteiger partial charge in [-0.15, -0.1) is 0 Å². The van der Waals surface area contributed by atoms with Crippen LogP contribution in [0.1, 0.15) is 18.1 Å². The third-order valence-electron chi connectivity index (χ3n) is 2.23. The zero-order valence-corrected chi connectivity index (χ0v) is 10.9. The highest BCUT2D eigenvalue weighted by Crippen LogP contribution is 2.45. The van der Waals surface area contributed by atoms with Crippen molar-refractivity contribution in [3.8, 4) is 0 Å². The zero-order valence-electron chi connectivity index (χ0n) is 9.96. The first-order chi connectivity index (χ1) is 7.98. The molecule has 0 aliphatic carbocycles. The van der Waals surface area contributed by atoms with Crippen LogP contribution in [0, 0.1) is 0 Å². The van der Waals surface area contributed by atoms with Gasteiger partial charge in [0.1, 0.15) is 0 Å². The summed E-state index contributed by atoms with van der Waals surface area (Å²) >= 11 is 0. The molecule has 94 valence electrons. The van der Waals surface area contributed by atoms with E-state index in [2.05, 4.69) is 5.16 Å². The minimum absolute atomic E-state index is 0.0565. The van der Waals surface area contributed by atoms with E-state index in [0.717, 1.165) is 5.56 Å². The number of rotatable bonds is 5. The number of nitrogens with zero attached hydrogens (tertiary/aromatic N) is 1. The van der Waals surface area contributed by atoms with Gasteiger partial charge in [-0.1, -0.05) is 29.4 Å². The van der Waals surface area contributed by atoms with Crippen molar-refractivity contribution < 1.29 is 14.3 Å². The van der Waals surface area contributed by atoms with Gasteiger partial charge in [0.15, 0.2) is 5.84 Å². The fraction of sp³-hybridized carbons (Fsp3) is 0.364. The van der Waals surface area contributed by atoms with Crippen LogP contribution in [0.4, 0.5) is 0 Å². The first-order valence-electron chi connectivity index (χ1n) is 5.26. The highest BCUT2D eigenvalue weighted by atomic mass is 31.2. The molecule has 1 aromatic rings. The Bertz CT molecular complexity index is 443. The van der Waals surface area contributed by atoms with Crippen LogP contribution in [-0.2, 0) is 15.3 Å². The quantitative estimate of drug-likeness (QED) is 0.278. The van der Waals surface area contributed by atoms with Gasteiger partial charge in [0, 0.05) is 18.4 Å².